The highest BCUT2D eigenvalue weighted by molar-refractivity contribution is 5.95. The quantitative estimate of drug-likeness (QED) is 0.643. The predicted octanol–water partition coefficient (Wildman–Crippen LogP) is 4.22. The summed E-state index contributed by atoms with van der Waals surface area (Å²) in [4.78, 5) is 16.2. The first-order valence-corrected chi connectivity index (χ1v) is 12.4. The Morgan fingerprint density at radius 2 is 1.97 bits per heavy atom. The molecule has 3 aliphatic rings. The molecule has 0 saturated carbocycles. The van der Waals surface area contributed by atoms with Crippen LogP contribution in [-0.2, 0) is 4.74 Å². The summed E-state index contributed by atoms with van der Waals surface area (Å²) in [6.45, 7) is 6.96. The second-order valence-electron chi connectivity index (χ2n) is 10.5. The third-order valence-corrected chi connectivity index (χ3v) is 6.90. The standard InChI is InChI=1S/C27H36F2N2O3/c1-27(2,29)18-30-12-9-19(10-13-30)17-34-23-6-3-20(4-7-23)21-5-8-24(25(28)15-21)26(33)31-14-11-22(32)16-31/h3-6,8,15,19,22-23,32H,7,9-14,16-18H2,1-2H3/t22-,23?/m1/s1. The van der Waals surface area contributed by atoms with Crippen molar-refractivity contribution in [1.29, 1.82) is 0 Å². The van der Waals surface area contributed by atoms with Gasteiger partial charge in [0.05, 0.1) is 24.4 Å². The zero-order valence-electron chi connectivity index (χ0n) is 20.2. The number of nitrogens with zero attached hydrogens (tertiary/aromatic N) is 2. The first-order chi connectivity index (χ1) is 16.2. The molecule has 2 saturated heterocycles. The van der Waals surface area contributed by atoms with Crippen molar-refractivity contribution in [3.63, 3.8) is 0 Å². The number of aliphatic hydroxyl groups is 1. The van der Waals surface area contributed by atoms with Crippen LogP contribution in [0.3, 0.4) is 0 Å². The van der Waals surface area contributed by atoms with Crippen molar-refractivity contribution in [3.8, 4) is 0 Å². The van der Waals surface area contributed by atoms with Crippen LogP contribution < -0.4 is 0 Å². The zero-order valence-corrected chi connectivity index (χ0v) is 20.2. The number of β-amino-alcohol motifs (C(OH)–C–C–N with tert-alkyl or cyclic N) is 1. The molecule has 1 aromatic rings. The molecule has 186 valence electrons. The molecule has 34 heavy (non-hydrogen) atoms. The molecule has 0 bridgehead atoms. The van der Waals surface area contributed by atoms with Gasteiger partial charge in [0.25, 0.3) is 5.91 Å². The highest BCUT2D eigenvalue weighted by Gasteiger charge is 2.28. The molecule has 2 heterocycles. The second kappa shape index (κ2) is 10.7. The molecular formula is C27H36F2N2O3. The maximum atomic E-state index is 14.7. The molecule has 0 spiro atoms. The van der Waals surface area contributed by atoms with Gasteiger partial charge in [-0.15, -0.1) is 0 Å². The van der Waals surface area contributed by atoms with Crippen molar-refractivity contribution < 1.29 is 23.4 Å². The van der Waals surface area contributed by atoms with E-state index in [0.29, 0.717) is 38.5 Å². The molecule has 1 aliphatic carbocycles. The molecule has 1 unspecified atom stereocenters. The Balaban J connectivity index is 1.25. The van der Waals surface area contributed by atoms with Gasteiger partial charge in [0.15, 0.2) is 0 Å². The first-order valence-electron chi connectivity index (χ1n) is 12.4. The van der Waals surface area contributed by atoms with Crippen molar-refractivity contribution in [1.82, 2.24) is 9.80 Å². The fraction of sp³-hybridized carbons (Fsp3) is 0.593. The number of hydrogen-bond donors (Lipinski definition) is 1. The van der Waals surface area contributed by atoms with E-state index in [1.54, 1.807) is 19.9 Å². The highest BCUT2D eigenvalue weighted by Crippen LogP contribution is 2.27. The van der Waals surface area contributed by atoms with Gasteiger partial charge in [0.2, 0.25) is 0 Å². The van der Waals surface area contributed by atoms with Crippen LogP contribution in [0.15, 0.2) is 36.4 Å². The van der Waals surface area contributed by atoms with E-state index in [4.69, 9.17) is 4.74 Å². The van der Waals surface area contributed by atoms with Gasteiger partial charge in [-0.2, -0.15) is 0 Å². The maximum absolute atomic E-state index is 14.7. The van der Waals surface area contributed by atoms with E-state index in [1.807, 2.05) is 18.2 Å². The molecule has 5 nitrogen and oxygen atoms in total. The van der Waals surface area contributed by atoms with Crippen LogP contribution in [0.2, 0.25) is 0 Å². The van der Waals surface area contributed by atoms with E-state index in [2.05, 4.69) is 4.90 Å². The number of likely N-dealkylation sites (tertiary alicyclic amines) is 2. The fourth-order valence-electron chi connectivity index (χ4n) is 5.01. The van der Waals surface area contributed by atoms with E-state index in [-0.39, 0.29) is 24.1 Å². The number of amides is 1. The third kappa shape index (κ3) is 6.52. The van der Waals surface area contributed by atoms with Crippen LogP contribution in [0, 0.1) is 11.7 Å². The van der Waals surface area contributed by atoms with E-state index >= 15 is 0 Å². The molecule has 1 aromatic carbocycles. The van der Waals surface area contributed by atoms with Gasteiger partial charge in [0, 0.05) is 19.6 Å². The lowest BCUT2D eigenvalue weighted by molar-refractivity contribution is 0.0274. The van der Waals surface area contributed by atoms with Crippen LogP contribution in [0.4, 0.5) is 8.78 Å². The average molecular weight is 475 g/mol. The van der Waals surface area contributed by atoms with Crippen molar-refractivity contribution in [3.05, 3.63) is 53.4 Å². The maximum Gasteiger partial charge on any atom is 0.256 e. The Hall–Kier alpha value is -2.09. The Labute approximate surface area is 201 Å². The van der Waals surface area contributed by atoms with Crippen LogP contribution in [0.5, 0.6) is 0 Å². The van der Waals surface area contributed by atoms with Gasteiger partial charge < -0.3 is 19.6 Å². The predicted molar refractivity (Wildman–Crippen MR) is 129 cm³/mol. The van der Waals surface area contributed by atoms with Gasteiger partial charge in [-0.1, -0.05) is 24.3 Å². The number of rotatable bonds is 7. The second-order valence-corrected chi connectivity index (χ2v) is 10.5. The van der Waals surface area contributed by atoms with E-state index in [9.17, 15) is 18.7 Å². The van der Waals surface area contributed by atoms with Gasteiger partial charge in [-0.05, 0) is 81.8 Å². The number of alkyl halides is 1. The highest BCUT2D eigenvalue weighted by atomic mass is 19.1. The van der Waals surface area contributed by atoms with Gasteiger partial charge in [0.1, 0.15) is 11.5 Å². The van der Waals surface area contributed by atoms with Crippen LogP contribution >= 0.6 is 0 Å². The lowest BCUT2D eigenvalue weighted by Crippen LogP contribution is -2.41. The van der Waals surface area contributed by atoms with Crippen molar-refractivity contribution in [2.45, 2.75) is 57.4 Å². The summed E-state index contributed by atoms with van der Waals surface area (Å²) in [6, 6.07) is 4.71. The fourth-order valence-corrected chi connectivity index (χ4v) is 5.01. The molecule has 2 atom stereocenters. The number of piperidine rings is 1. The Bertz CT molecular complexity index is 932. The zero-order chi connectivity index (χ0) is 24.3. The number of carbonyl (C=O) groups excluding carboxylic acids is 1. The Morgan fingerprint density at radius 1 is 1.21 bits per heavy atom. The van der Waals surface area contributed by atoms with Crippen molar-refractivity contribution in [2.24, 2.45) is 5.92 Å². The molecule has 7 heteroatoms. The average Bonchev–Trinajstić information content (AvgIpc) is 3.24. The van der Waals surface area contributed by atoms with E-state index in [1.165, 1.54) is 17.0 Å². The molecule has 1 N–H and O–H groups in total. The van der Waals surface area contributed by atoms with Gasteiger partial charge in [-0.25, -0.2) is 8.78 Å². The number of allylic oxidation sites excluding steroid dienone is 2. The summed E-state index contributed by atoms with van der Waals surface area (Å²) in [5.41, 5.74) is 0.529. The summed E-state index contributed by atoms with van der Waals surface area (Å²) in [7, 11) is 0. The minimum atomic E-state index is -1.16. The lowest BCUT2D eigenvalue weighted by atomic mass is 9.95. The van der Waals surface area contributed by atoms with Crippen molar-refractivity contribution >= 4 is 11.5 Å². The molecule has 2 aliphatic heterocycles. The number of carbonyl (C=O) groups is 1. The summed E-state index contributed by atoms with van der Waals surface area (Å²) in [6.07, 6.45) is 8.77. The summed E-state index contributed by atoms with van der Waals surface area (Å²) >= 11 is 0. The molecule has 2 fully saturated rings. The third-order valence-electron chi connectivity index (χ3n) is 6.90. The summed E-state index contributed by atoms with van der Waals surface area (Å²) < 4.78 is 34.7. The van der Waals surface area contributed by atoms with E-state index in [0.717, 1.165) is 37.1 Å². The Morgan fingerprint density at radius 3 is 2.56 bits per heavy atom. The SMILES string of the molecule is CC(C)(F)CN1CCC(COC2C=CC(c3ccc(C(=O)N4CC[C@@H](O)C4)c(F)c3)=CC2)CC1. The minimum absolute atomic E-state index is 0.00107. The first kappa shape index (κ1) is 25.0. The van der Waals surface area contributed by atoms with Crippen LogP contribution in [0.25, 0.3) is 5.57 Å². The number of ether oxygens (including phenoxy) is 1. The minimum Gasteiger partial charge on any atom is -0.391 e. The topological polar surface area (TPSA) is 53.0 Å². The number of halogens is 2. The van der Waals surface area contributed by atoms with Gasteiger partial charge in [-0.3, -0.25) is 4.79 Å². The van der Waals surface area contributed by atoms with E-state index < -0.39 is 17.6 Å². The molecule has 0 aromatic heterocycles. The van der Waals surface area contributed by atoms with Crippen molar-refractivity contribution in [2.75, 3.05) is 39.3 Å². The summed E-state index contributed by atoms with van der Waals surface area (Å²) in [5, 5.41) is 9.63. The Kier molecular flexibility index (Phi) is 7.85. The lowest BCUT2D eigenvalue weighted by Gasteiger charge is -2.34. The van der Waals surface area contributed by atoms with Crippen LogP contribution in [-0.4, -0.2) is 78.0 Å². The van der Waals surface area contributed by atoms with Crippen LogP contribution in [0.1, 0.15) is 55.5 Å². The molecule has 1 amide bonds. The molecule has 4 rings (SSSR count). The number of benzene rings is 1. The molecular weight excluding hydrogens is 438 g/mol. The summed E-state index contributed by atoms with van der Waals surface area (Å²) in [5.74, 6) is -0.422. The number of aliphatic hydroxyl groups excluding tert-OH is 1. The number of hydrogen-bond acceptors (Lipinski definition) is 4. The smallest absolute Gasteiger partial charge is 0.256 e. The molecule has 0 radical (unpaired) electrons. The monoisotopic (exact) mass is 474 g/mol. The largest absolute Gasteiger partial charge is 0.391 e. The normalized spacial score (nSPS) is 24.5. The van der Waals surface area contributed by atoms with Gasteiger partial charge >= 0.3 is 0 Å².